The predicted molar refractivity (Wildman–Crippen MR) is 129 cm³/mol. The molecule has 1 aliphatic heterocycles. The van der Waals surface area contributed by atoms with Crippen molar-refractivity contribution in [2.75, 3.05) is 45.7 Å². The highest BCUT2D eigenvalue weighted by Gasteiger charge is 2.22. The van der Waals surface area contributed by atoms with Gasteiger partial charge < -0.3 is 25.0 Å². The molecule has 1 heterocycles. The first-order valence-corrected chi connectivity index (χ1v) is 11.4. The number of rotatable bonds is 9. The number of methoxy groups -OCH3 is 2. The Balaban J connectivity index is 1.71. The third-order valence-electron chi connectivity index (χ3n) is 5.25. The summed E-state index contributed by atoms with van der Waals surface area (Å²) >= 11 is 1.37. The summed E-state index contributed by atoms with van der Waals surface area (Å²) in [6.45, 7) is 7.49. The molecule has 0 bridgehead atoms. The fourth-order valence-corrected chi connectivity index (χ4v) is 4.30. The van der Waals surface area contributed by atoms with Gasteiger partial charge in [-0.15, -0.1) is 0 Å². The van der Waals surface area contributed by atoms with E-state index < -0.39 is 0 Å². The number of benzene rings is 2. The highest BCUT2D eigenvalue weighted by atomic mass is 32.2. The summed E-state index contributed by atoms with van der Waals surface area (Å²) in [5.74, 6) is 0.867. The van der Waals surface area contributed by atoms with Crippen molar-refractivity contribution >= 4 is 35.3 Å². The third kappa shape index (κ3) is 5.63. The average Bonchev–Trinajstić information content (AvgIpc) is 2.81. The second-order valence-electron chi connectivity index (χ2n) is 7.17. The predicted octanol–water partition coefficient (Wildman–Crippen LogP) is 3.86. The fraction of sp³-hybridized carbons (Fsp3) is 0.333. The summed E-state index contributed by atoms with van der Waals surface area (Å²) in [6, 6.07) is 10.9. The van der Waals surface area contributed by atoms with Gasteiger partial charge in [0.05, 0.1) is 24.8 Å². The molecule has 0 saturated carbocycles. The molecule has 0 fully saturated rings. The number of hydrogen-bond donors (Lipinski definition) is 2. The first kappa shape index (κ1) is 23.7. The van der Waals surface area contributed by atoms with E-state index in [2.05, 4.69) is 29.4 Å². The lowest BCUT2D eigenvalue weighted by Crippen LogP contribution is -2.34. The summed E-state index contributed by atoms with van der Waals surface area (Å²) in [7, 11) is 3.15. The van der Waals surface area contributed by atoms with Crippen LogP contribution in [-0.2, 0) is 4.79 Å². The van der Waals surface area contributed by atoms with Crippen LogP contribution in [0.4, 0.5) is 5.69 Å². The lowest BCUT2D eigenvalue weighted by atomic mass is 10.1. The maximum Gasteiger partial charge on any atom is 0.262 e. The quantitative estimate of drug-likeness (QED) is 0.559. The first-order chi connectivity index (χ1) is 15.5. The summed E-state index contributed by atoms with van der Waals surface area (Å²) in [5, 5.41) is 5.84. The molecule has 2 N–H and O–H groups in total. The summed E-state index contributed by atoms with van der Waals surface area (Å²) in [6.07, 6.45) is 1.80. The number of hydrogen-bond acceptors (Lipinski definition) is 6. The normalized spacial score (nSPS) is 14.2. The number of carbonyl (C=O) groups is 2. The lowest BCUT2D eigenvalue weighted by Gasteiger charge is -2.20. The van der Waals surface area contributed by atoms with Crippen molar-refractivity contribution in [3.8, 4) is 11.5 Å². The smallest absolute Gasteiger partial charge is 0.262 e. The van der Waals surface area contributed by atoms with Crippen molar-refractivity contribution in [2.45, 2.75) is 18.7 Å². The lowest BCUT2D eigenvalue weighted by molar-refractivity contribution is -0.112. The minimum atomic E-state index is -0.212. The Labute approximate surface area is 193 Å². The van der Waals surface area contributed by atoms with Crippen LogP contribution in [0, 0.1) is 0 Å². The van der Waals surface area contributed by atoms with Gasteiger partial charge in [0.1, 0.15) is 0 Å². The monoisotopic (exact) mass is 455 g/mol. The van der Waals surface area contributed by atoms with E-state index in [-0.39, 0.29) is 11.8 Å². The minimum Gasteiger partial charge on any atom is -0.493 e. The van der Waals surface area contributed by atoms with E-state index in [0.29, 0.717) is 34.2 Å². The van der Waals surface area contributed by atoms with Gasteiger partial charge in [-0.3, -0.25) is 9.59 Å². The fourth-order valence-electron chi connectivity index (χ4n) is 3.37. The van der Waals surface area contributed by atoms with Crippen LogP contribution in [0.5, 0.6) is 11.5 Å². The van der Waals surface area contributed by atoms with Gasteiger partial charge in [0.2, 0.25) is 0 Å². The van der Waals surface area contributed by atoms with Crippen LogP contribution in [0.1, 0.15) is 29.8 Å². The van der Waals surface area contributed by atoms with Crippen LogP contribution >= 0.6 is 11.8 Å². The molecule has 8 heteroatoms. The topological polar surface area (TPSA) is 79.9 Å². The van der Waals surface area contributed by atoms with Crippen molar-refractivity contribution in [1.29, 1.82) is 0 Å². The van der Waals surface area contributed by atoms with Crippen molar-refractivity contribution < 1.29 is 19.1 Å². The van der Waals surface area contributed by atoms with E-state index >= 15 is 0 Å². The SMILES string of the molecule is CCN(CC)CCNC(=O)c1ccc2c(c1)NC(=O)/C(=C\c1ccc(OC)c(OC)c1)S2. The molecular formula is C24H29N3O4S. The zero-order valence-corrected chi connectivity index (χ0v) is 19.7. The minimum absolute atomic E-state index is 0.147. The molecule has 0 aliphatic carbocycles. The molecule has 170 valence electrons. The number of nitrogens with one attached hydrogen (secondary N) is 2. The van der Waals surface area contributed by atoms with Crippen molar-refractivity contribution in [3.05, 3.63) is 52.4 Å². The Morgan fingerprint density at radius 2 is 1.84 bits per heavy atom. The molecule has 2 aromatic rings. The van der Waals surface area contributed by atoms with E-state index in [1.165, 1.54) is 11.8 Å². The Hall–Kier alpha value is -2.97. The largest absolute Gasteiger partial charge is 0.493 e. The van der Waals surface area contributed by atoms with E-state index in [1.54, 1.807) is 38.5 Å². The molecule has 32 heavy (non-hydrogen) atoms. The van der Waals surface area contributed by atoms with Gasteiger partial charge in [0, 0.05) is 23.5 Å². The van der Waals surface area contributed by atoms with Crippen molar-refractivity contribution in [3.63, 3.8) is 0 Å². The van der Waals surface area contributed by atoms with Crippen molar-refractivity contribution in [1.82, 2.24) is 10.2 Å². The van der Waals surface area contributed by atoms with Gasteiger partial charge in [-0.25, -0.2) is 0 Å². The number of ether oxygens (including phenoxy) is 2. The second kappa shape index (κ2) is 11.1. The first-order valence-electron chi connectivity index (χ1n) is 10.6. The Kier molecular flexibility index (Phi) is 8.19. The number of nitrogens with zero attached hydrogens (tertiary/aromatic N) is 1. The molecule has 3 rings (SSSR count). The molecule has 0 saturated heterocycles. The molecular weight excluding hydrogens is 426 g/mol. The third-order valence-corrected chi connectivity index (χ3v) is 6.35. The zero-order chi connectivity index (χ0) is 23.1. The molecule has 0 unspecified atom stereocenters. The molecule has 1 aliphatic rings. The maximum atomic E-state index is 12.7. The molecule has 0 aromatic heterocycles. The summed E-state index contributed by atoms with van der Waals surface area (Å²) in [4.78, 5) is 28.9. The van der Waals surface area contributed by atoms with E-state index in [4.69, 9.17) is 9.47 Å². The van der Waals surface area contributed by atoms with Crippen LogP contribution in [0.25, 0.3) is 6.08 Å². The van der Waals surface area contributed by atoms with E-state index in [0.717, 1.165) is 30.1 Å². The van der Waals surface area contributed by atoms with Gasteiger partial charge in [-0.1, -0.05) is 31.7 Å². The number of anilines is 1. The highest BCUT2D eigenvalue weighted by Crippen LogP contribution is 2.40. The molecule has 0 atom stereocenters. The second-order valence-corrected chi connectivity index (χ2v) is 8.26. The van der Waals surface area contributed by atoms with Crippen molar-refractivity contribution in [2.24, 2.45) is 0 Å². The van der Waals surface area contributed by atoms with Gasteiger partial charge in [-0.05, 0) is 55.1 Å². The number of carbonyl (C=O) groups excluding carboxylic acids is 2. The standard InChI is InChI=1S/C24H29N3O4S/c1-5-27(6-2)12-11-25-23(28)17-8-10-21-18(15-17)26-24(29)22(32-21)14-16-7-9-19(30-3)20(13-16)31-4/h7-10,13-15H,5-6,11-12H2,1-4H3,(H,25,28)(H,26,29)/b22-14+. The summed E-state index contributed by atoms with van der Waals surface area (Å²) < 4.78 is 10.6. The van der Waals surface area contributed by atoms with Gasteiger partial charge in [-0.2, -0.15) is 0 Å². The van der Waals surface area contributed by atoms with Crippen LogP contribution in [0.15, 0.2) is 46.2 Å². The van der Waals surface area contributed by atoms with Crippen LogP contribution in [0.3, 0.4) is 0 Å². The zero-order valence-electron chi connectivity index (χ0n) is 18.9. The molecule has 2 amide bonds. The van der Waals surface area contributed by atoms with Crippen LogP contribution < -0.4 is 20.1 Å². The number of thioether (sulfide) groups is 1. The maximum absolute atomic E-state index is 12.7. The molecule has 0 radical (unpaired) electrons. The Morgan fingerprint density at radius 3 is 2.53 bits per heavy atom. The van der Waals surface area contributed by atoms with Gasteiger partial charge in [0.15, 0.2) is 11.5 Å². The van der Waals surface area contributed by atoms with Crippen LogP contribution in [-0.4, -0.2) is 57.1 Å². The highest BCUT2D eigenvalue weighted by molar-refractivity contribution is 8.04. The van der Waals surface area contributed by atoms with E-state index in [9.17, 15) is 9.59 Å². The average molecular weight is 456 g/mol. The Morgan fingerprint density at radius 1 is 1.09 bits per heavy atom. The summed E-state index contributed by atoms with van der Waals surface area (Å²) in [5.41, 5.74) is 1.99. The van der Waals surface area contributed by atoms with Crippen LogP contribution in [0.2, 0.25) is 0 Å². The van der Waals surface area contributed by atoms with Gasteiger partial charge >= 0.3 is 0 Å². The number of likely N-dealkylation sites (N-methyl/N-ethyl adjacent to an activating group) is 1. The Bertz CT molecular complexity index is 1020. The number of fused-ring (bicyclic) bond motifs is 1. The molecule has 0 spiro atoms. The molecule has 7 nitrogen and oxygen atoms in total. The van der Waals surface area contributed by atoms with Gasteiger partial charge in [0.25, 0.3) is 11.8 Å². The van der Waals surface area contributed by atoms with E-state index in [1.807, 2.05) is 18.2 Å². The molecule has 2 aromatic carbocycles. The number of amides is 2.